The van der Waals surface area contributed by atoms with Gasteiger partial charge in [-0.1, -0.05) is 40.2 Å². The summed E-state index contributed by atoms with van der Waals surface area (Å²) in [6.45, 7) is 6.98. The third-order valence-electron chi connectivity index (χ3n) is 6.05. The van der Waals surface area contributed by atoms with Crippen molar-refractivity contribution in [1.82, 2.24) is 9.80 Å². The van der Waals surface area contributed by atoms with Crippen LogP contribution in [0.25, 0.3) is 0 Å². The van der Waals surface area contributed by atoms with Gasteiger partial charge in [0.1, 0.15) is 11.4 Å². The summed E-state index contributed by atoms with van der Waals surface area (Å²) < 4.78 is 19.9. The molecule has 2 aliphatic rings. The van der Waals surface area contributed by atoms with Crippen LogP contribution in [0, 0.1) is 5.82 Å². The number of hydrogen-bond donors (Lipinski definition) is 0. The minimum Gasteiger partial charge on any atom is -0.444 e. The van der Waals surface area contributed by atoms with Crippen molar-refractivity contribution < 1.29 is 18.7 Å². The van der Waals surface area contributed by atoms with E-state index >= 15 is 0 Å². The topological polar surface area (TPSA) is 49.9 Å². The van der Waals surface area contributed by atoms with Gasteiger partial charge in [-0.3, -0.25) is 4.79 Å². The molecule has 0 spiro atoms. The van der Waals surface area contributed by atoms with Gasteiger partial charge in [0, 0.05) is 24.1 Å². The Balaban J connectivity index is 1.67. The van der Waals surface area contributed by atoms with E-state index in [1.165, 1.54) is 12.1 Å². The van der Waals surface area contributed by atoms with Crippen LogP contribution in [-0.2, 0) is 21.5 Å². The molecule has 1 heterocycles. The lowest BCUT2D eigenvalue weighted by molar-refractivity contribution is -0.136. The summed E-state index contributed by atoms with van der Waals surface area (Å²) in [6.07, 6.45) is 0.831. The van der Waals surface area contributed by atoms with Crippen LogP contribution >= 0.6 is 15.9 Å². The molecule has 1 aliphatic heterocycles. The molecule has 2 aromatic rings. The van der Waals surface area contributed by atoms with E-state index in [0.29, 0.717) is 32.5 Å². The third kappa shape index (κ3) is 4.53. The molecule has 4 rings (SSSR count). The van der Waals surface area contributed by atoms with Gasteiger partial charge in [-0.25, -0.2) is 9.18 Å². The van der Waals surface area contributed by atoms with Crippen LogP contribution in [0.3, 0.4) is 0 Å². The molecule has 0 unspecified atom stereocenters. The molecule has 5 nitrogen and oxygen atoms in total. The van der Waals surface area contributed by atoms with Crippen molar-refractivity contribution >= 4 is 27.9 Å². The van der Waals surface area contributed by atoms with Crippen LogP contribution in [0.15, 0.2) is 53.0 Å². The molecule has 170 valence electrons. The lowest BCUT2D eigenvalue weighted by Gasteiger charge is -2.35. The van der Waals surface area contributed by atoms with Crippen molar-refractivity contribution in [2.45, 2.75) is 57.2 Å². The van der Waals surface area contributed by atoms with E-state index in [4.69, 9.17) is 4.74 Å². The molecule has 2 aromatic carbocycles. The number of nitrogens with zero attached hydrogens (tertiary/aromatic N) is 2. The highest BCUT2D eigenvalue weighted by molar-refractivity contribution is 9.10. The number of carbonyl (C=O) groups is 2. The van der Waals surface area contributed by atoms with Gasteiger partial charge in [0.25, 0.3) is 0 Å². The molecule has 1 saturated carbocycles. The van der Waals surface area contributed by atoms with Crippen molar-refractivity contribution in [2.75, 3.05) is 13.1 Å². The van der Waals surface area contributed by atoms with E-state index in [9.17, 15) is 14.0 Å². The zero-order valence-electron chi connectivity index (χ0n) is 18.6. The number of halogens is 2. The maximum absolute atomic E-state index is 14.0. The Kier molecular flexibility index (Phi) is 6.05. The van der Waals surface area contributed by atoms with Gasteiger partial charge in [0.2, 0.25) is 5.91 Å². The Morgan fingerprint density at radius 2 is 1.91 bits per heavy atom. The van der Waals surface area contributed by atoms with Gasteiger partial charge >= 0.3 is 6.09 Å². The predicted molar refractivity (Wildman–Crippen MR) is 124 cm³/mol. The van der Waals surface area contributed by atoms with Crippen LogP contribution < -0.4 is 0 Å². The predicted octanol–water partition coefficient (Wildman–Crippen LogP) is 5.27. The van der Waals surface area contributed by atoms with Gasteiger partial charge in [0.15, 0.2) is 0 Å². The number of ether oxygens (including phenoxy) is 1. The molecule has 1 saturated heterocycles. The Morgan fingerprint density at radius 3 is 2.56 bits per heavy atom. The monoisotopic (exact) mass is 502 g/mol. The third-order valence-corrected chi connectivity index (χ3v) is 6.54. The molecule has 0 radical (unpaired) electrons. The molecule has 1 aliphatic carbocycles. The first kappa shape index (κ1) is 22.8. The van der Waals surface area contributed by atoms with Gasteiger partial charge < -0.3 is 14.5 Å². The van der Waals surface area contributed by atoms with E-state index in [1.807, 2.05) is 49.9 Å². The van der Waals surface area contributed by atoms with Crippen LogP contribution in [0.5, 0.6) is 0 Å². The molecule has 0 bridgehead atoms. The highest BCUT2D eigenvalue weighted by Gasteiger charge is 2.66. The number of benzene rings is 2. The molecule has 0 aromatic heterocycles. The fraction of sp³-hybridized carbons (Fsp3) is 0.440. The van der Waals surface area contributed by atoms with Gasteiger partial charge in [-0.2, -0.15) is 0 Å². The molecular weight excluding hydrogens is 475 g/mol. The second-order valence-electron chi connectivity index (χ2n) is 9.58. The van der Waals surface area contributed by atoms with Crippen molar-refractivity contribution in [2.24, 2.45) is 0 Å². The number of rotatable bonds is 3. The molecule has 2 fully saturated rings. The molecule has 2 amide bonds. The van der Waals surface area contributed by atoms with E-state index in [0.717, 1.165) is 15.6 Å². The number of carbonyl (C=O) groups excluding carboxylic acids is 2. The molecule has 32 heavy (non-hydrogen) atoms. The fourth-order valence-electron chi connectivity index (χ4n) is 4.52. The second-order valence-corrected chi connectivity index (χ2v) is 10.5. The summed E-state index contributed by atoms with van der Waals surface area (Å²) >= 11 is 3.52. The quantitative estimate of drug-likeness (QED) is 0.574. The van der Waals surface area contributed by atoms with Crippen molar-refractivity contribution in [3.05, 3.63) is 69.9 Å². The highest BCUT2D eigenvalue weighted by atomic mass is 79.9. The van der Waals surface area contributed by atoms with Gasteiger partial charge in [-0.15, -0.1) is 0 Å². The van der Waals surface area contributed by atoms with Crippen LogP contribution in [0.1, 0.15) is 44.7 Å². The number of amides is 2. The summed E-state index contributed by atoms with van der Waals surface area (Å²) in [5.74, 6) is -0.299. The summed E-state index contributed by atoms with van der Waals surface area (Å²) in [5.41, 5.74) is 0.361. The molecular formula is C25H28BrFN2O3. The van der Waals surface area contributed by atoms with Crippen molar-refractivity contribution in [3.8, 4) is 0 Å². The largest absolute Gasteiger partial charge is 0.444 e. The van der Waals surface area contributed by atoms with Crippen LogP contribution in [0.4, 0.5) is 9.18 Å². The summed E-state index contributed by atoms with van der Waals surface area (Å²) in [4.78, 5) is 30.5. The van der Waals surface area contributed by atoms with E-state index in [1.54, 1.807) is 17.0 Å². The fourth-order valence-corrected chi connectivity index (χ4v) is 4.92. The second kappa shape index (κ2) is 8.50. The maximum Gasteiger partial charge on any atom is 0.410 e. The van der Waals surface area contributed by atoms with Gasteiger partial charge in [0.05, 0.1) is 11.5 Å². The standard InChI is InChI=1S/C25H28BrFN2O3/c1-24(2,3)32-23(31)29-13-5-12-28(16-17-8-10-20(27)11-9-17)22(30)25(15-21(25)29)18-6-4-7-19(26)14-18/h4,6-11,14,21H,5,12-13,15-16H2,1-3H3/t21-,25-/m1/s1. The number of hydrogen-bond acceptors (Lipinski definition) is 3. The summed E-state index contributed by atoms with van der Waals surface area (Å²) in [5, 5.41) is 0. The van der Waals surface area contributed by atoms with Crippen molar-refractivity contribution in [3.63, 3.8) is 0 Å². The van der Waals surface area contributed by atoms with Crippen molar-refractivity contribution in [1.29, 1.82) is 0 Å². The molecule has 0 N–H and O–H groups in total. The zero-order valence-corrected chi connectivity index (χ0v) is 20.2. The average Bonchev–Trinajstić information content (AvgIpc) is 3.45. The Hall–Kier alpha value is -2.41. The SMILES string of the molecule is CC(C)(C)OC(=O)N1CCCN(Cc2ccc(F)cc2)C(=O)[C@@]2(c3cccc(Br)c3)C[C@@H]12. The lowest BCUT2D eigenvalue weighted by atomic mass is 9.92. The van der Waals surface area contributed by atoms with E-state index in [-0.39, 0.29) is 23.9 Å². The van der Waals surface area contributed by atoms with E-state index in [2.05, 4.69) is 15.9 Å². The Morgan fingerprint density at radius 1 is 1.19 bits per heavy atom. The highest BCUT2D eigenvalue weighted by Crippen LogP contribution is 2.54. The smallest absolute Gasteiger partial charge is 0.410 e. The summed E-state index contributed by atoms with van der Waals surface area (Å²) in [7, 11) is 0. The minimum absolute atomic E-state index is 0.00168. The molecule has 7 heteroatoms. The minimum atomic E-state index is -0.804. The molecule has 2 atom stereocenters. The van der Waals surface area contributed by atoms with E-state index < -0.39 is 11.0 Å². The zero-order chi connectivity index (χ0) is 23.1. The normalized spacial score (nSPS) is 23.3. The summed E-state index contributed by atoms with van der Waals surface area (Å²) in [6, 6.07) is 13.8. The lowest BCUT2D eigenvalue weighted by Crippen LogP contribution is -2.50. The Bertz CT molecular complexity index is 1020. The Labute approximate surface area is 196 Å². The first-order valence-corrected chi connectivity index (χ1v) is 11.7. The van der Waals surface area contributed by atoms with Gasteiger partial charge in [-0.05, 0) is 69.0 Å². The average molecular weight is 503 g/mol. The first-order chi connectivity index (χ1) is 15.1. The van der Waals surface area contributed by atoms with Crippen LogP contribution in [0.2, 0.25) is 0 Å². The number of fused-ring (bicyclic) bond motifs is 1. The maximum atomic E-state index is 14.0. The van der Waals surface area contributed by atoms with Crippen LogP contribution in [-0.4, -0.2) is 46.5 Å². The first-order valence-electron chi connectivity index (χ1n) is 10.9.